The molecule has 16 heavy (non-hydrogen) atoms. The summed E-state index contributed by atoms with van der Waals surface area (Å²) in [6.07, 6.45) is 0. The second-order valence-corrected chi connectivity index (χ2v) is 5.15. The molecule has 0 saturated heterocycles. The van der Waals surface area contributed by atoms with Gasteiger partial charge in [0.15, 0.2) is 0 Å². The second kappa shape index (κ2) is 3.59. The normalized spacial score (nSPS) is 12.0. The molecule has 2 aromatic rings. The van der Waals surface area contributed by atoms with Crippen LogP contribution < -0.4 is 0 Å². The van der Waals surface area contributed by atoms with E-state index < -0.39 is 5.24 Å². The third kappa shape index (κ3) is 1.83. The molecule has 0 aliphatic rings. The van der Waals surface area contributed by atoms with Gasteiger partial charge in [0, 0.05) is 5.41 Å². The van der Waals surface area contributed by atoms with E-state index in [4.69, 9.17) is 11.6 Å². The lowest BCUT2D eigenvalue weighted by Crippen LogP contribution is -2.13. The van der Waals surface area contributed by atoms with Gasteiger partial charge in [0.2, 0.25) is 0 Å². The van der Waals surface area contributed by atoms with Gasteiger partial charge in [-0.15, -0.1) is 0 Å². The maximum atomic E-state index is 11.2. The van der Waals surface area contributed by atoms with Gasteiger partial charge in [-0.3, -0.25) is 4.79 Å². The molecule has 0 aliphatic heterocycles. The highest BCUT2D eigenvalue weighted by atomic mass is 35.5. The zero-order chi connectivity index (χ0) is 11.9. The first-order valence-corrected chi connectivity index (χ1v) is 5.46. The third-order valence-corrected chi connectivity index (χ3v) is 2.64. The molecule has 0 radical (unpaired) electrons. The average molecular weight is 237 g/mol. The summed E-state index contributed by atoms with van der Waals surface area (Å²) in [6, 6.07) is 5.37. The van der Waals surface area contributed by atoms with Crippen molar-refractivity contribution in [2.45, 2.75) is 26.2 Å². The molecule has 0 fully saturated rings. The van der Waals surface area contributed by atoms with Crippen LogP contribution in [0.5, 0.6) is 0 Å². The smallest absolute Gasteiger partial charge is 0.254 e. The summed E-state index contributed by atoms with van der Waals surface area (Å²) < 4.78 is 0. The largest absolute Gasteiger partial charge is 0.342 e. The Morgan fingerprint density at radius 1 is 1.38 bits per heavy atom. The van der Waals surface area contributed by atoms with Crippen LogP contribution in [0.2, 0.25) is 0 Å². The zero-order valence-electron chi connectivity index (χ0n) is 9.47. The lowest BCUT2D eigenvalue weighted by atomic mass is 9.96. The van der Waals surface area contributed by atoms with Crippen molar-refractivity contribution in [2.75, 3.05) is 0 Å². The highest BCUT2D eigenvalue weighted by molar-refractivity contribution is 6.68. The highest BCUT2D eigenvalue weighted by Crippen LogP contribution is 2.24. The van der Waals surface area contributed by atoms with Gasteiger partial charge in [-0.2, -0.15) is 0 Å². The molecule has 0 unspecified atom stereocenters. The quantitative estimate of drug-likeness (QED) is 0.773. The van der Waals surface area contributed by atoms with Crippen molar-refractivity contribution in [3.05, 3.63) is 29.6 Å². The van der Waals surface area contributed by atoms with Crippen LogP contribution in [-0.4, -0.2) is 15.2 Å². The van der Waals surface area contributed by atoms with E-state index in [2.05, 4.69) is 30.7 Å². The summed E-state index contributed by atoms with van der Waals surface area (Å²) in [4.78, 5) is 18.9. The number of H-pyrrole nitrogens is 1. The van der Waals surface area contributed by atoms with Gasteiger partial charge in [0.25, 0.3) is 5.24 Å². The Morgan fingerprint density at radius 2 is 2.06 bits per heavy atom. The Kier molecular flexibility index (Phi) is 2.50. The summed E-state index contributed by atoms with van der Waals surface area (Å²) in [5.41, 5.74) is 1.86. The molecule has 0 amide bonds. The number of halogens is 1. The van der Waals surface area contributed by atoms with Gasteiger partial charge >= 0.3 is 0 Å². The van der Waals surface area contributed by atoms with Crippen LogP contribution in [-0.2, 0) is 5.41 Å². The second-order valence-electron chi connectivity index (χ2n) is 4.81. The van der Waals surface area contributed by atoms with E-state index in [1.807, 2.05) is 6.07 Å². The van der Waals surface area contributed by atoms with E-state index in [0.717, 1.165) is 11.3 Å². The molecular weight excluding hydrogens is 224 g/mol. The summed E-state index contributed by atoms with van der Waals surface area (Å²) >= 11 is 5.51. The van der Waals surface area contributed by atoms with E-state index in [1.54, 1.807) is 12.1 Å². The van der Waals surface area contributed by atoms with Gasteiger partial charge in [-0.1, -0.05) is 26.8 Å². The molecule has 0 saturated carbocycles. The Labute approximate surface area is 98.8 Å². The molecule has 0 bridgehead atoms. The number of aromatic amines is 1. The number of rotatable bonds is 1. The summed E-state index contributed by atoms with van der Waals surface area (Å²) in [7, 11) is 0. The van der Waals surface area contributed by atoms with Gasteiger partial charge in [0.1, 0.15) is 11.3 Å². The first kappa shape index (κ1) is 11.1. The van der Waals surface area contributed by atoms with Crippen molar-refractivity contribution < 1.29 is 4.79 Å². The van der Waals surface area contributed by atoms with Crippen molar-refractivity contribution in [1.29, 1.82) is 0 Å². The van der Waals surface area contributed by atoms with Crippen molar-refractivity contribution >= 4 is 27.9 Å². The predicted octanol–water partition coefficient (Wildman–Crippen LogP) is 3.24. The fourth-order valence-electron chi connectivity index (χ4n) is 1.55. The topological polar surface area (TPSA) is 45.8 Å². The summed E-state index contributed by atoms with van der Waals surface area (Å²) in [5.74, 6) is 0.855. The highest BCUT2D eigenvalue weighted by Gasteiger charge is 2.20. The van der Waals surface area contributed by atoms with Crippen LogP contribution in [0.25, 0.3) is 11.0 Å². The van der Waals surface area contributed by atoms with Crippen LogP contribution in [0, 0.1) is 0 Å². The van der Waals surface area contributed by atoms with Crippen LogP contribution in [0.1, 0.15) is 37.0 Å². The molecule has 1 heterocycles. The van der Waals surface area contributed by atoms with Gasteiger partial charge in [-0.25, -0.2) is 4.98 Å². The van der Waals surface area contributed by atoms with Gasteiger partial charge in [0.05, 0.1) is 11.1 Å². The Morgan fingerprint density at radius 3 is 2.62 bits per heavy atom. The molecule has 1 N–H and O–H groups in total. The van der Waals surface area contributed by atoms with Crippen LogP contribution in [0.3, 0.4) is 0 Å². The van der Waals surface area contributed by atoms with Crippen molar-refractivity contribution in [2.24, 2.45) is 0 Å². The Hall–Kier alpha value is -1.35. The number of imidazole rings is 1. The first-order chi connectivity index (χ1) is 7.39. The average Bonchev–Trinajstić information content (AvgIpc) is 2.59. The number of carbonyl (C=O) groups is 1. The molecule has 4 heteroatoms. The fourth-order valence-corrected chi connectivity index (χ4v) is 1.70. The van der Waals surface area contributed by atoms with Crippen molar-refractivity contribution in [3.8, 4) is 0 Å². The number of benzene rings is 1. The number of hydrogen-bond acceptors (Lipinski definition) is 2. The maximum absolute atomic E-state index is 11.2. The minimum atomic E-state index is -0.474. The predicted molar refractivity (Wildman–Crippen MR) is 65.0 cm³/mol. The van der Waals surface area contributed by atoms with E-state index in [0.29, 0.717) is 11.1 Å². The molecule has 0 atom stereocenters. The number of nitrogens with zero attached hydrogens (tertiary/aromatic N) is 1. The van der Waals surface area contributed by atoms with Crippen LogP contribution >= 0.6 is 11.6 Å². The van der Waals surface area contributed by atoms with Gasteiger partial charge in [-0.05, 0) is 23.7 Å². The van der Waals surface area contributed by atoms with Crippen LogP contribution in [0.4, 0.5) is 0 Å². The Bertz CT molecular complexity index is 552. The lowest BCUT2D eigenvalue weighted by Gasteiger charge is -2.13. The minimum Gasteiger partial charge on any atom is -0.342 e. The fraction of sp³-hybridized carbons (Fsp3) is 0.333. The van der Waals surface area contributed by atoms with Gasteiger partial charge < -0.3 is 4.98 Å². The number of hydrogen-bond donors (Lipinski definition) is 1. The molecular formula is C12H13ClN2O. The van der Waals surface area contributed by atoms with E-state index in [1.165, 1.54) is 0 Å². The van der Waals surface area contributed by atoms with E-state index >= 15 is 0 Å². The minimum absolute atomic E-state index is 0.0777. The molecule has 1 aromatic heterocycles. The lowest BCUT2D eigenvalue weighted by molar-refractivity contribution is 0.108. The van der Waals surface area contributed by atoms with E-state index in [-0.39, 0.29) is 5.41 Å². The molecule has 0 spiro atoms. The zero-order valence-corrected chi connectivity index (χ0v) is 10.2. The maximum Gasteiger partial charge on any atom is 0.254 e. The summed E-state index contributed by atoms with van der Waals surface area (Å²) in [5, 5.41) is -0.474. The number of nitrogens with one attached hydrogen (secondary N) is 1. The van der Waals surface area contributed by atoms with Crippen LogP contribution in [0.15, 0.2) is 18.2 Å². The van der Waals surface area contributed by atoms with E-state index in [9.17, 15) is 4.79 Å². The monoisotopic (exact) mass is 236 g/mol. The summed E-state index contributed by atoms with van der Waals surface area (Å²) in [6.45, 7) is 6.19. The molecule has 3 nitrogen and oxygen atoms in total. The number of aromatic nitrogens is 2. The SMILES string of the molecule is CC(C)(C)c1nc2c(C(=O)Cl)cccc2[nH]1. The number of fused-ring (bicyclic) bond motifs is 1. The molecule has 0 aliphatic carbocycles. The molecule has 2 rings (SSSR count). The first-order valence-electron chi connectivity index (χ1n) is 5.08. The Balaban J connectivity index is 2.71. The number of carbonyl (C=O) groups excluding carboxylic acids is 1. The number of para-hydroxylation sites is 1. The molecule has 1 aromatic carbocycles. The van der Waals surface area contributed by atoms with Crippen molar-refractivity contribution in [3.63, 3.8) is 0 Å². The third-order valence-electron chi connectivity index (χ3n) is 2.43. The molecule has 84 valence electrons. The van der Waals surface area contributed by atoms with Crippen molar-refractivity contribution in [1.82, 2.24) is 9.97 Å². The standard InChI is InChI=1S/C12H13ClN2O/c1-12(2,3)11-14-8-6-4-5-7(10(13)16)9(8)15-11/h4-6H,1-3H3,(H,14,15).